The number of imidazole rings is 1. The van der Waals surface area contributed by atoms with Crippen molar-refractivity contribution < 1.29 is 8.42 Å². The van der Waals surface area contributed by atoms with E-state index >= 15 is 0 Å². The van der Waals surface area contributed by atoms with Crippen molar-refractivity contribution in [3.05, 3.63) is 54.1 Å². The Balaban J connectivity index is 1.74. The zero-order valence-electron chi connectivity index (χ0n) is 13.4. The minimum absolute atomic E-state index is 0.0265. The first kappa shape index (κ1) is 16.8. The Morgan fingerprint density at radius 1 is 1.33 bits per heavy atom. The maximum atomic E-state index is 12.3. The Kier molecular flexibility index (Phi) is 4.79. The predicted molar refractivity (Wildman–Crippen MR) is 94.2 cm³/mol. The normalized spacial score (nSPS) is 12.0. The topological polar surface area (TPSA) is 76.9 Å². The van der Waals surface area contributed by atoms with E-state index in [1.54, 1.807) is 28.3 Å². The van der Waals surface area contributed by atoms with Gasteiger partial charge < -0.3 is 4.57 Å². The second-order valence-electron chi connectivity index (χ2n) is 5.64. The minimum atomic E-state index is -3.64. The summed E-state index contributed by atoms with van der Waals surface area (Å²) in [6, 6.07) is 6.08. The highest BCUT2D eigenvalue weighted by molar-refractivity contribution is 7.89. The van der Waals surface area contributed by atoms with Gasteiger partial charge in [0.25, 0.3) is 10.0 Å². The molecule has 0 aliphatic rings. The predicted octanol–water partition coefficient (Wildman–Crippen LogP) is 3.07. The van der Waals surface area contributed by atoms with Gasteiger partial charge in [-0.25, -0.2) is 18.1 Å². The van der Waals surface area contributed by atoms with Crippen LogP contribution in [0.5, 0.6) is 0 Å². The second kappa shape index (κ2) is 6.84. The number of pyridine rings is 1. The van der Waals surface area contributed by atoms with E-state index in [4.69, 9.17) is 0 Å². The van der Waals surface area contributed by atoms with Crippen molar-refractivity contribution in [3.63, 3.8) is 0 Å². The Morgan fingerprint density at radius 3 is 2.83 bits per heavy atom. The van der Waals surface area contributed by atoms with E-state index in [1.807, 2.05) is 37.4 Å². The molecule has 0 aliphatic carbocycles. The lowest BCUT2D eigenvalue weighted by Gasteiger charge is -2.06. The summed E-state index contributed by atoms with van der Waals surface area (Å²) in [5.74, 6) is 0. The molecule has 0 amide bonds. The Labute approximate surface area is 145 Å². The van der Waals surface area contributed by atoms with E-state index in [0.29, 0.717) is 0 Å². The SMILES string of the molecule is CC(C)n1cnc(S(=O)(=O)NCc2cncc(-c3cccs3)c2)c1. The molecule has 3 heterocycles. The Hall–Kier alpha value is -2.03. The van der Waals surface area contributed by atoms with Gasteiger partial charge in [0.1, 0.15) is 0 Å². The lowest BCUT2D eigenvalue weighted by molar-refractivity contribution is 0.576. The van der Waals surface area contributed by atoms with Crippen molar-refractivity contribution in [3.8, 4) is 10.4 Å². The maximum Gasteiger partial charge on any atom is 0.259 e. The van der Waals surface area contributed by atoms with Gasteiger partial charge in [0.2, 0.25) is 0 Å². The van der Waals surface area contributed by atoms with Crippen LogP contribution in [-0.2, 0) is 16.6 Å². The first-order chi connectivity index (χ1) is 11.5. The molecule has 24 heavy (non-hydrogen) atoms. The van der Waals surface area contributed by atoms with E-state index in [1.165, 1.54) is 12.5 Å². The molecule has 0 unspecified atom stereocenters. The van der Waals surface area contributed by atoms with Gasteiger partial charge in [0.05, 0.1) is 6.33 Å². The molecule has 3 rings (SSSR count). The molecule has 0 aromatic carbocycles. The largest absolute Gasteiger partial charge is 0.334 e. The molecule has 6 nitrogen and oxygen atoms in total. The van der Waals surface area contributed by atoms with Crippen LogP contribution < -0.4 is 4.72 Å². The highest BCUT2D eigenvalue weighted by Gasteiger charge is 2.17. The quantitative estimate of drug-likeness (QED) is 0.731. The van der Waals surface area contributed by atoms with E-state index in [0.717, 1.165) is 16.0 Å². The van der Waals surface area contributed by atoms with Crippen LogP contribution in [0, 0.1) is 0 Å². The number of hydrogen-bond acceptors (Lipinski definition) is 5. The number of hydrogen-bond donors (Lipinski definition) is 1. The smallest absolute Gasteiger partial charge is 0.259 e. The monoisotopic (exact) mass is 362 g/mol. The molecule has 0 fully saturated rings. The van der Waals surface area contributed by atoms with Crippen LogP contribution in [0.25, 0.3) is 10.4 Å². The zero-order chi connectivity index (χ0) is 17.2. The zero-order valence-corrected chi connectivity index (χ0v) is 15.0. The maximum absolute atomic E-state index is 12.3. The molecule has 8 heteroatoms. The van der Waals surface area contributed by atoms with E-state index in [9.17, 15) is 8.42 Å². The fourth-order valence-electron chi connectivity index (χ4n) is 2.15. The van der Waals surface area contributed by atoms with Gasteiger partial charge in [-0.3, -0.25) is 4.98 Å². The molecule has 0 bridgehead atoms. The number of nitrogens with one attached hydrogen (secondary N) is 1. The van der Waals surface area contributed by atoms with Gasteiger partial charge in [0, 0.05) is 41.6 Å². The van der Waals surface area contributed by atoms with Crippen molar-refractivity contribution in [1.82, 2.24) is 19.3 Å². The summed E-state index contributed by atoms with van der Waals surface area (Å²) in [7, 11) is -3.64. The van der Waals surface area contributed by atoms with Gasteiger partial charge in [-0.1, -0.05) is 6.07 Å². The highest BCUT2D eigenvalue weighted by atomic mass is 32.2. The standard InChI is InChI=1S/C16H18N4O2S2/c1-12(2)20-10-16(18-11-20)24(21,22)19-8-13-6-14(9-17-7-13)15-4-3-5-23-15/h3-7,9-12,19H,8H2,1-2H3. The van der Waals surface area contributed by atoms with Gasteiger partial charge >= 0.3 is 0 Å². The molecule has 0 saturated heterocycles. The molecular weight excluding hydrogens is 344 g/mol. The molecule has 0 atom stereocenters. The van der Waals surface area contributed by atoms with Crippen molar-refractivity contribution in [2.24, 2.45) is 0 Å². The third-order valence-corrected chi connectivity index (χ3v) is 5.72. The highest BCUT2D eigenvalue weighted by Crippen LogP contribution is 2.24. The summed E-state index contributed by atoms with van der Waals surface area (Å²) in [5, 5.41) is 2.02. The third-order valence-electron chi connectivity index (χ3n) is 3.52. The number of sulfonamides is 1. The lowest BCUT2D eigenvalue weighted by Crippen LogP contribution is -2.23. The van der Waals surface area contributed by atoms with Gasteiger partial charge in [-0.15, -0.1) is 11.3 Å². The van der Waals surface area contributed by atoms with Gasteiger partial charge in [-0.05, 0) is 36.9 Å². The molecule has 0 saturated carbocycles. The number of thiophene rings is 1. The summed E-state index contributed by atoms with van der Waals surface area (Å²) < 4.78 is 29.0. The molecule has 0 radical (unpaired) electrons. The molecule has 3 aromatic rings. The van der Waals surface area contributed by atoms with Gasteiger partial charge in [-0.2, -0.15) is 0 Å². The van der Waals surface area contributed by atoms with Crippen LogP contribution in [0.3, 0.4) is 0 Å². The van der Waals surface area contributed by atoms with Crippen molar-refractivity contribution in [1.29, 1.82) is 0 Å². The van der Waals surface area contributed by atoms with Crippen LogP contribution in [0.15, 0.2) is 53.5 Å². The Bertz CT molecular complexity index is 915. The number of rotatable bonds is 6. The van der Waals surface area contributed by atoms with Crippen LogP contribution >= 0.6 is 11.3 Å². The van der Waals surface area contributed by atoms with E-state index < -0.39 is 10.0 Å². The van der Waals surface area contributed by atoms with Gasteiger partial charge in [0.15, 0.2) is 5.03 Å². The van der Waals surface area contributed by atoms with Crippen molar-refractivity contribution in [2.75, 3.05) is 0 Å². The average molecular weight is 362 g/mol. The first-order valence-corrected chi connectivity index (χ1v) is 9.83. The summed E-state index contributed by atoms with van der Waals surface area (Å²) in [4.78, 5) is 9.27. The van der Waals surface area contributed by atoms with Crippen molar-refractivity contribution in [2.45, 2.75) is 31.5 Å². The fourth-order valence-corrected chi connectivity index (χ4v) is 3.81. The summed E-state index contributed by atoms with van der Waals surface area (Å²) in [6.07, 6.45) is 6.49. The minimum Gasteiger partial charge on any atom is -0.334 e. The molecule has 0 aliphatic heterocycles. The summed E-state index contributed by atoms with van der Waals surface area (Å²) in [5.41, 5.74) is 1.78. The molecular formula is C16H18N4O2S2. The summed E-state index contributed by atoms with van der Waals surface area (Å²) >= 11 is 1.62. The second-order valence-corrected chi connectivity index (χ2v) is 8.30. The number of aromatic nitrogens is 3. The third kappa shape index (κ3) is 3.72. The lowest BCUT2D eigenvalue weighted by atomic mass is 10.2. The van der Waals surface area contributed by atoms with Crippen LogP contribution in [-0.4, -0.2) is 23.0 Å². The van der Waals surface area contributed by atoms with Crippen LogP contribution in [0.2, 0.25) is 0 Å². The fraction of sp³-hybridized carbons (Fsp3) is 0.250. The summed E-state index contributed by atoms with van der Waals surface area (Å²) in [6.45, 7) is 4.10. The first-order valence-electron chi connectivity index (χ1n) is 7.46. The van der Waals surface area contributed by atoms with E-state index in [2.05, 4.69) is 14.7 Å². The molecule has 1 N–H and O–H groups in total. The van der Waals surface area contributed by atoms with E-state index in [-0.39, 0.29) is 17.6 Å². The molecule has 0 spiro atoms. The molecule has 3 aromatic heterocycles. The Morgan fingerprint density at radius 2 is 2.17 bits per heavy atom. The molecule has 126 valence electrons. The van der Waals surface area contributed by atoms with Crippen LogP contribution in [0.1, 0.15) is 25.5 Å². The number of nitrogens with zero attached hydrogens (tertiary/aromatic N) is 3. The van der Waals surface area contributed by atoms with Crippen LogP contribution in [0.4, 0.5) is 0 Å². The average Bonchev–Trinajstić information content (AvgIpc) is 3.25. The van der Waals surface area contributed by atoms with Crippen molar-refractivity contribution >= 4 is 21.4 Å².